The number of hydrogen-bond donors (Lipinski definition) is 2. The van der Waals surface area contributed by atoms with Crippen molar-refractivity contribution in [3.63, 3.8) is 0 Å². The highest BCUT2D eigenvalue weighted by molar-refractivity contribution is 7.92. The Bertz CT molecular complexity index is 1730. The molecule has 0 aliphatic heterocycles. The topological polar surface area (TPSA) is 149 Å². The molecule has 0 atom stereocenters. The number of pyridine rings is 1. The van der Waals surface area contributed by atoms with E-state index >= 15 is 0 Å². The molecule has 0 radical (unpaired) electrons. The van der Waals surface area contributed by atoms with Crippen molar-refractivity contribution in [2.24, 2.45) is 10.7 Å². The average molecular weight is 512 g/mol. The summed E-state index contributed by atoms with van der Waals surface area (Å²) >= 11 is 0. The summed E-state index contributed by atoms with van der Waals surface area (Å²) in [7, 11) is -2.19. The van der Waals surface area contributed by atoms with Gasteiger partial charge in [-0.1, -0.05) is 6.07 Å². The number of benzene rings is 2. The van der Waals surface area contributed by atoms with Crippen LogP contribution >= 0.6 is 0 Å². The normalized spacial score (nSPS) is 12.3. The Morgan fingerprint density at radius 1 is 0.946 bits per heavy atom. The van der Waals surface area contributed by atoms with Gasteiger partial charge >= 0.3 is 0 Å². The highest BCUT2D eigenvalue weighted by Gasteiger charge is 2.16. The van der Waals surface area contributed by atoms with E-state index in [0.29, 0.717) is 39.3 Å². The van der Waals surface area contributed by atoms with Gasteiger partial charge in [-0.2, -0.15) is 0 Å². The lowest BCUT2D eigenvalue weighted by atomic mass is 10.1. The fraction of sp³-hybridized carbons (Fsp3) is 0.0385. The minimum Gasteiger partial charge on any atom is -0.444 e. The molecule has 37 heavy (non-hydrogen) atoms. The summed E-state index contributed by atoms with van der Waals surface area (Å²) in [4.78, 5) is 21.3. The molecule has 3 N–H and O–H groups in total. The van der Waals surface area contributed by atoms with Crippen molar-refractivity contribution in [3.05, 3.63) is 91.6 Å². The molecule has 0 saturated carbocycles. The first-order valence-electron chi connectivity index (χ1n) is 11.1. The molecule has 3 aromatic heterocycles. The molecule has 10 nitrogen and oxygen atoms in total. The van der Waals surface area contributed by atoms with E-state index < -0.39 is 10.0 Å². The van der Waals surface area contributed by atoms with Crippen LogP contribution in [0, 0.1) is 0 Å². The number of anilines is 1. The summed E-state index contributed by atoms with van der Waals surface area (Å²) in [5.41, 5.74) is 10.8. The van der Waals surface area contributed by atoms with Crippen molar-refractivity contribution in [2.45, 2.75) is 4.90 Å². The fourth-order valence-corrected chi connectivity index (χ4v) is 4.72. The number of sulfonamides is 1. The third-order valence-corrected chi connectivity index (χ3v) is 6.89. The lowest BCUT2D eigenvalue weighted by Gasteiger charge is -2.10. The Morgan fingerprint density at radius 2 is 1.76 bits per heavy atom. The van der Waals surface area contributed by atoms with Crippen LogP contribution in [0.5, 0.6) is 0 Å². The van der Waals surface area contributed by atoms with E-state index in [1.54, 1.807) is 50.1 Å². The number of fused-ring (bicyclic) bond motifs is 1. The van der Waals surface area contributed by atoms with Crippen molar-refractivity contribution in [1.29, 1.82) is 0 Å². The van der Waals surface area contributed by atoms with Crippen LogP contribution in [-0.2, 0) is 10.0 Å². The first-order chi connectivity index (χ1) is 18.0. The fourth-order valence-electron chi connectivity index (χ4n) is 3.69. The van der Waals surface area contributed by atoms with Gasteiger partial charge in [0, 0.05) is 42.4 Å². The molecule has 0 unspecified atom stereocenters. The van der Waals surface area contributed by atoms with Gasteiger partial charge in [-0.15, -0.1) is 0 Å². The molecule has 5 aromatic rings. The highest BCUT2D eigenvalue weighted by atomic mass is 32.2. The van der Waals surface area contributed by atoms with E-state index in [-0.39, 0.29) is 4.90 Å². The van der Waals surface area contributed by atoms with Crippen LogP contribution in [0.15, 0.2) is 100 Å². The van der Waals surface area contributed by atoms with Crippen LogP contribution in [0.1, 0.15) is 5.69 Å². The maximum Gasteiger partial charge on any atom is 0.261 e. The molecular formula is C26H21N7O3S. The third-order valence-electron chi connectivity index (χ3n) is 5.49. The zero-order valence-corrected chi connectivity index (χ0v) is 20.4. The number of oxazole rings is 1. The predicted molar refractivity (Wildman–Crippen MR) is 142 cm³/mol. The van der Waals surface area contributed by atoms with Crippen molar-refractivity contribution in [2.75, 3.05) is 11.8 Å². The van der Waals surface area contributed by atoms with Crippen LogP contribution in [0.2, 0.25) is 0 Å². The summed E-state index contributed by atoms with van der Waals surface area (Å²) in [6, 6.07) is 13.6. The largest absolute Gasteiger partial charge is 0.444 e. The van der Waals surface area contributed by atoms with Gasteiger partial charge in [-0.05, 0) is 48.0 Å². The number of aliphatic imine (C=N–C) groups is 1. The number of hydrogen-bond acceptors (Lipinski definition) is 9. The molecular weight excluding hydrogens is 490 g/mol. The molecule has 5 rings (SSSR count). The standard InChI is InChI=1S/C26H21N7O3S/c1-28-11-20(10-27)25-14-31-23-7-4-18(9-24(23)32-25)19-8-21(13-29-12-19)33-37(34,35)22-5-2-17(3-6-22)26-15-30-16-36-26/h2-16,33H,27H2,1H3/b20-10+,28-11?. The minimum atomic E-state index is -3.85. The molecule has 0 spiro atoms. The molecule has 11 heteroatoms. The Hall–Kier alpha value is -4.90. The summed E-state index contributed by atoms with van der Waals surface area (Å²) in [5.74, 6) is 0.551. The van der Waals surface area contributed by atoms with Crippen LogP contribution in [-0.4, -0.2) is 41.6 Å². The molecule has 2 aromatic carbocycles. The lowest BCUT2D eigenvalue weighted by Crippen LogP contribution is -2.13. The molecule has 0 bridgehead atoms. The second-order valence-corrected chi connectivity index (χ2v) is 9.61. The first kappa shape index (κ1) is 23.8. The van der Waals surface area contributed by atoms with Gasteiger partial charge in [-0.3, -0.25) is 19.7 Å². The Balaban J connectivity index is 1.42. The van der Waals surface area contributed by atoms with E-state index in [4.69, 9.17) is 10.2 Å². The Morgan fingerprint density at radius 3 is 2.49 bits per heavy atom. The van der Waals surface area contributed by atoms with Gasteiger partial charge in [0.15, 0.2) is 12.2 Å². The smallest absolute Gasteiger partial charge is 0.261 e. The molecule has 0 amide bonds. The van der Waals surface area contributed by atoms with Crippen LogP contribution in [0.3, 0.4) is 0 Å². The van der Waals surface area contributed by atoms with Gasteiger partial charge in [0.25, 0.3) is 10.0 Å². The van der Waals surface area contributed by atoms with Crippen LogP contribution in [0.25, 0.3) is 39.1 Å². The second kappa shape index (κ2) is 9.99. The van der Waals surface area contributed by atoms with Crippen molar-refractivity contribution < 1.29 is 12.8 Å². The first-order valence-corrected chi connectivity index (χ1v) is 12.5. The zero-order valence-electron chi connectivity index (χ0n) is 19.6. The Kier molecular flexibility index (Phi) is 6.43. The van der Waals surface area contributed by atoms with E-state index in [1.807, 2.05) is 18.2 Å². The van der Waals surface area contributed by atoms with E-state index in [1.165, 1.54) is 30.9 Å². The molecule has 0 fully saturated rings. The molecule has 0 aliphatic rings. The summed E-state index contributed by atoms with van der Waals surface area (Å²) in [5, 5.41) is 0. The molecule has 0 saturated heterocycles. The number of rotatable bonds is 7. The third kappa shape index (κ3) is 5.07. The molecule has 0 aliphatic carbocycles. The summed E-state index contributed by atoms with van der Waals surface area (Å²) in [6.45, 7) is 0. The SMILES string of the molecule is CN=C/C(=C\N)c1cnc2ccc(-c3cncc(NS(=O)(=O)c4ccc(-c5cnco5)cc4)c3)cc2n1. The van der Waals surface area contributed by atoms with E-state index in [0.717, 1.165) is 11.1 Å². The number of aromatic nitrogens is 4. The molecule has 184 valence electrons. The average Bonchev–Trinajstić information content (AvgIpc) is 3.46. The molecule has 3 heterocycles. The predicted octanol–water partition coefficient (Wildman–Crippen LogP) is 4.15. The number of nitrogens with zero attached hydrogens (tertiary/aromatic N) is 5. The van der Waals surface area contributed by atoms with Crippen LogP contribution < -0.4 is 10.5 Å². The maximum atomic E-state index is 13.0. The number of allylic oxidation sites excluding steroid dienone is 1. The Labute approximate surface area is 212 Å². The summed E-state index contributed by atoms with van der Waals surface area (Å²) < 4.78 is 33.8. The number of nitrogens with one attached hydrogen (secondary N) is 1. The van der Waals surface area contributed by atoms with Gasteiger partial charge in [0.2, 0.25) is 0 Å². The van der Waals surface area contributed by atoms with Crippen molar-refractivity contribution >= 4 is 38.5 Å². The zero-order chi connectivity index (χ0) is 25.8. The van der Waals surface area contributed by atoms with Gasteiger partial charge in [0.1, 0.15) is 0 Å². The van der Waals surface area contributed by atoms with Gasteiger partial charge in [-0.25, -0.2) is 18.4 Å². The second-order valence-electron chi connectivity index (χ2n) is 7.93. The van der Waals surface area contributed by atoms with Gasteiger partial charge in [0.05, 0.1) is 45.9 Å². The van der Waals surface area contributed by atoms with Crippen LogP contribution in [0.4, 0.5) is 5.69 Å². The van der Waals surface area contributed by atoms with Crippen molar-refractivity contribution in [3.8, 4) is 22.5 Å². The monoisotopic (exact) mass is 511 g/mol. The number of nitrogens with two attached hydrogens (primary N) is 1. The lowest BCUT2D eigenvalue weighted by molar-refractivity contribution is 0.572. The highest BCUT2D eigenvalue weighted by Crippen LogP contribution is 2.27. The van der Waals surface area contributed by atoms with Crippen molar-refractivity contribution in [1.82, 2.24) is 19.9 Å². The minimum absolute atomic E-state index is 0.106. The summed E-state index contributed by atoms with van der Waals surface area (Å²) in [6.07, 6.45) is 10.7. The van der Waals surface area contributed by atoms with E-state index in [2.05, 4.69) is 29.7 Å². The van der Waals surface area contributed by atoms with Gasteiger partial charge < -0.3 is 10.2 Å². The van der Waals surface area contributed by atoms with E-state index in [9.17, 15) is 8.42 Å². The quantitative estimate of drug-likeness (QED) is 0.310. The maximum absolute atomic E-state index is 13.0.